The Bertz CT molecular complexity index is 1140. The summed E-state index contributed by atoms with van der Waals surface area (Å²) in [5.41, 5.74) is 4.08. The van der Waals surface area contributed by atoms with E-state index in [2.05, 4.69) is 15.6 Å². The molecule has 3 amide bonds. The molecule has 0 fully saturated rings. The standard InChI is InChI=1S/C23H26FN5O3/c1-13-18(26-17-5-4-6-29(8-7-28(2)3)23(32)20(13)17)11-16-15-9-14(24)10-19(25-12-30)21(15)27-22(16)31/h9-12,26H,4-8H2,1-3H3,(H,25,30)(H,27,31)/b16-11-. The Kier molecular flexibility index (Phi) is 5.84. The van der Waals surface area contributed by atoms with Crippen LogP contribution in [0.5, 0.6) is 0 Å². The van der Waals surface area contributed by atoms with Crippen molar-refractivity contribution in [2.24, 2.45) is 0 Å². The first kappa shape index (κ1) is 21.8. The van der Waals surface area contributed by atoms with Crippen LogP contribution >= 0.6 is 0 Å². The summed E-state index contributed by atoms with van der Waals surface area (Å²) < 4.78 is 14.1. The van der Waals surface area contributed by atoms with Crippen molar-refractivity contribution in [2.45, 2.75) is 19.8 Å². The third kappa shape index (κ3) is 3.91. The zero-order valence-electron chi connectivity index (χ0n) is 18.3. The third-order valence-electron chi connectivity index (χ3n) is 5.92. The number of amides is 3. The number of anilines is 2. The van der Waals surface area contributed by atoms with Gasteiger partial charge in [0.25, 0.3) is 11.8 Å². The molecule has 32 heavy (non-hydrogen) atoms. The predicted molar refractivity (Wildman–Crippen MR) is 121 cm³/mol. The van der Waals surface area contributed by atoms with Crippen LogP contribution in [0.3, 0.4) is 0 Å². The van der Waals surface area contributed by atoms with Gasteiger partial charge in [0.2, 0.25) is 6.41 Å². The molecule has 0 aliphatic carbocycles. The lowest BCUT2D eigenvalue weighted by molar-refractivity contribution is -0.110. The fraction of sp³-hybridized carbons (Fsp3) is 0.348. The van der Waals surface area contributed by atoms with E-state index in [1.165, 1.54) is 6.07 Å². The number of aromatic amines is 1. The van der Waals surface area contributed by atoms with Gasteiger partial charge >= 0.3 is 0 Å². The molecule has 0 unspecified atom stereocenters. The van der Waals surface area contributed by atoms with Crippen LogP contribution in [0.15, 0.2) is 12.1 Å². The Labute approximate surface area is 185 Å². The summed E-state index contributed by atoms with van der Waals surface area (Å²) >= 11 is 0. The van der Waals surface area contributed by atoms with Crippen molar-refractivity contribution in [1.29, 1.82) is 0 Å². The molecule has 0 saturated heterocycles. The number of benzene rings is 1. The number of halogens is 1. The van der Waals surface area contributed by atoms with Gasteiger partial charge in [-0.25, -0.2) is 4.39 Å². The number of carbonyl (C=O) groups excluding carboxylic acids is 3. The fourth-order valence-electron chi connectivity index (χ4n) is 4.26. The van der Waals surface area contributed by atoms with Gasteiger partial charge in [0.15, 0.2) is 0 Å². The second-order valence-electron chi connectivity index (χ2n) is 8.37. The Morgan fingerprint density at radius 2 is 2.06 bits per heavy atom. The fourth-order valence-corrected chi connectivity index (χ4v) is 4.26. The average Bonchev–Trinajstić information content (AvgIpc) is 3.15. The summed E-state index contributed by atoms with van der Waals surface area (Å²) in [4.78, 5) is 44.0. The van der Waals surface area contributed by atoms with Crippen molar-refractivity contribution in [3.63, 3.8) is 0 Å². The number of aromatic nitrogens is 1. The van der Waals surface area contributed by atoms with Gasteiger partial charge in [-0.3, -0.25) is 14.4 Å². The number of fused-ring (bicyclic) bond motifs is 2. The van der Waals surface area contributed by atoms with E-state index in [4.69, 9.17) is 0 Å². The Morgan fingerprint density at radius 3 is 2.78 bits per heavy atom. The molecule has 1 aromatic heterocycles. The van der Waals surface area contributed by atoms with Crippen LogP contribution in [0.25, 0.3) is 11.6 Å². The minimum absolute atomic E-state index is 0.0162. The molecule has 0 spiro atoms. The molecule has 8 nitrogen and oxygen atoms in total. The van der Waals surface area contributed by atoms with Crippen LogP contribution in [-0.2, 0) is 16.0 Å². The maximum Gasteiger partial charge on any atom is 0.256 e. The minimum Gasteiger partial charge on any atom is -0.358 e. The van der Waals surface area contributed by atoms with E-state index in [0.29, 0.717) is 42.0 Å². The molecule has 3 N–H and O–H groups in total. The molecule has 0 saturated carbocycles. The highest BCUT2D eigenvalue weighted by atomic mass is 19.1. The maximum atomic E-state index is 14.1. The first-order chi connectivity index (χ1) is 15.3. The molecule has 4 rings (SSSR count). The highest BCUT2D eigenvalue weighted by Gasteiger charge is 2.30. The van der Waals surface area contributed by atoms with Gasteiger partial charge in [0.1, 0.15) is 5.82 Å². The number of carbonyl (C=O) groups is 3. The van der Waals surface area contributed by atoms with Crippen LogP contribution < -0.4 is 10.6 Å². The summed E-state index contributed by atoms with van der Waals surface area (Å²) in [6.45, 7) is 3.98. The molecule has 2 aliphatic rings. The number of likely N-dealkylation sites (N-methyl/N-ethyl adjacent to an activating group) is 1. The van der Waals surface area contributed by atoms with E-state index in [1.54, 1.807) is 6.08 Å². The molecular weight excluding hydrogens is 413 g/mol. The summed E-state index contributed by atoms with van der Waals surface area (Å²) in [5.74, 6) is -0.985. The highest BCUT2D eigenvalue weighted by Crippen LogP contribution is 2.39. The van der Waals surface area contributed by atoms with Gasteiger partial charge in [-0.2, -0.15) is 0 Å². The molecule has 3 heterocycles. The van der Waals surface area contributed by atoms with E-state index < -0.39 is 11.7 Å². The lowest BCUT2D eigenvalue weighted by atomic mass is 10.0. The monoisotopic (exact) mass is 439 g/mol. The van der Waals surface area contributed by atoms with Crippen molar-refractivity contribution in [3.8, 4) is 0 Å². The van der Waals surface area contributed by atoms with E-state index >= 15 is 0 Å². The molecule has 2 aliphatic heterocycles. The van der Waals surface area contributed by atoms with Crippen molar-refractivity contribution >= 4 is 41.2 Å². The molecular formula is C23H26FN5O3. The van der Waals surface area contributed by atoms with Gasteiger partial charge in [-0.05, 0) is 57.6 Å². The van der Waals surface area contributed by atoms with Gasteiger partial charge < -0.3 is 25.4 Å². The van der Waals surface area contributed by atoms with Crippen LogP contribution in [0, 0.1) is 12.7 Å². The van der Waals surface area contributed by atoms with E-state index in [9.17, 15) is 18.8 Å². The Hall–Kier alpha value is -3.46. The first-order valence-electron chi connectivity index (χ1n) is 10.5. The molecule has 1 aromatic carbocycles. The highest BCUT2D eigenvalue weighted by molar-refractivity contribution is 6.36. The van der Waals surface area contributed by atoms with Crippen LogP contribution in [0.1, 0.15) is 39.3 Å². The SMILES string of the molecule is Cc1c(/C=C2\C(=O)Nc3c(NC=O)cc(F)cc32)[nH]c2c1C(=O)N(CCN(C)C)CCC2. The molecule has 0 bridgehead atoms. The number of nitrogens with one attached hydrogen (secondary N) is 3. The quantitative estimate of drug-likeness (QED) is 0.476. The minimum atomic E-state index is -0.568. The number of nitrogens with zero attached hydrogens (tertiary/aromatic N) is 2. The third-order valence-corrected chi connectivity index (χ3v) is 5.92. The molecule has 2 aromatic rings. The topological polar surface area (TPSA) is 97.5 Å². The summed E-state index contributed by atoms with van der Waals surface area (Å²) in [5, 5.41) is 5.11. The van der Waals surface area contributed by atoms with Crippen LogP contribution in [0.4, 0.5) is 15.8 Å². The molecule has 0 radical (unpaired) electrons. The number of aryl methyl sites for hydroxylation is 1. The second kappa shape index (κ2) is 8.58. The number of H-pyrrole nitrogens is 1. The number of hydrogen-bond donors (Lipinski definition) is 3. The molecule has 9 heteroatoms. The first-order valence-corrected chi connectivity index (χ1v) is 10.5. The predicted octanol–water partition coefficient (Wildman–Crippen LogP) is 2.47. The molecule has 0 atom stereocenters. The van der Waals surface area contributed by atoms with Crippen molar-refractivity contribution in [3.05, 3.63) is 46.0 Å². The largest absolute Gasteiger partial charge is 0.358 e. The average molecular weight is 439 g/mol. The van der Waals surface area contributed by atoms with Crippen molar-refractivity contribution in [2.75, 3.05) is 44.4 Å². The normalized spacial score (nSPS) is 16.8. The summed E-state index contributed by atoms with van der Waals surface area (Å²) in [6.07, 6.45) is 3.65. The van der Waals surface area contributed by atoms with Gasteiger partial charge in [-0.15, -0.1) is 0 Å². The second-order valence-corrected chi connectivity index (χ2v) is 8.37. The van der Waals surface area contributed by atoms with Gasteiger partial charge in [0.05, 0.1) is 22.5 Å². The van der Waals surface area contributed by atoms with Gasteiger partial charge in [0, 0.05) is 36.6 Å². The Balaban J connectivity index is 1.73. The molecule has 168 valence electrons. The number of rotatable bonds is 6. The zero-order valence-corrected chi connectivity index (χ0v) is 18.3. The van der Waals surface area contributed by atoms with E-state index in [1.807, 2.05) is 30.8 Å². The summed E-state index contributed by atoms with van der Waals surface area (Å²) in [6, 6.07) is 2.41. The van der Waals surface area contributed by atoms with E-state index in [-0.39, 0.29) is 17.2 Å². The lowest BCUT2D eigenvalue weighted by Gasteiger charge is -2.23. The van der Waals surface area contributed by atoms with Gasteiger partial charge in [-0.1, -0.05) is 0 Å². The van der Waals surface area contributed by atoms with Crippen molar-refractivity contribution in [1.82, 2.24) is 14.8 Å². The number of hydrogen-bond acceptors (Lipinski definition) is 4. The maximum absolute atomic E-state index is 14.1. The smallest absolute Gasteiger partial charge is 0.256 e. The van der Waals surface area contributed by atoms with E-state index in [0.717, 1.165) is 36.7 Å². The van der Waals surface area contributed by atoms with Crippen LogP contribution in [-0.4, -0.2) is 66.7 Å². The Morgan fingerprint density at radius 1 is 1.28 bits per heavy atom. The summed E-state index contributed by atoms with van der Waals surface area (Å²) in [7, 11) is 3.95. The lowest BCUT2D eigenvalue weighted by Crippen LogP contribution is -2.36. The zero-order chi connectivity index (χ0) is 23.0. The van der Waals surface area contributed by atoms with Crippen LogP contribution in [0.2, 0.25) is 0 Å². The van der Waals surface area contributed by atoms with Crippen molar-refractivity contribution < 1.29 is 18.8 Å².